The van der Waals surface area contributed by atoms with Crippen molar-refractivity contribution in [1.29, 1.82) is 0 Å². The van der Waals surface area contributed by atoms with Crippen LogP contribution in [0, 0.1) is 13.8 Å². The highest BCUT2D eigenvalue weighted by molar-refractivity contribution is 7.92. The number of sulfonamides is 1. The molecule has 0 heterocycles. The van der Waals surface area contributed by atoms with Crippen molar-refractivity contribution in [2.24, 2.45) is 0 Å². The lowest BCUT2D eigenvalue weighted by Gasteiger charge is -2.32. The third kappa shape index (κ3) is 6.25. The van der Waals surface area contributed by atoms with E-state index in [-0.39, 0.29) is 23.0 Å². The van der Waals surface area contributed by atoms with Crippen LogP contribution in [0.5, 0.6) is 0 Å². The molecule has 0 bridgehead atoms. The SMILES string of the molecule is CNC(=O)[C@H](C)N(Cc1ccc(C)cc1)C(=O)CN(c1ccc(C)c(Cl)c1)S(=O)(=O)c1ccccc1. The average Bonchev–Trinajstić information content (AvgIpc) is 2.88. The van der Waals surface area contributed by atoms with E-state index in [0.29, 0.717) is 5.02 Å². The highest BCUT2D eigenvalue weighted by atomic mass is 35.5. The molecule has 0 radical (unpaired) electrons. The summed E-state index contributed by atoms with van der Waals surface area (Å²) in [6.45, 7) is 5.01. The number of likely N-dealkylation sites (N-methyl/N-ethyl adjacent to an activating group) is 1. The Morgan fingerprint density at radius 3 is 2.19 bits per heavy atom. The molecule has 36 heavy (non-hydrogen) atoms. The Bertz CT molecular complexity index is 1330. The van der Waals surface area contributed by atoms with Crippen LogP contribution in [-0.4, -0.2) is 44.8 Å². The van der Waals surface area contributed by atoms with Gasteiger partial charge in [-0.25, -0.2) is 8.42 Å². The maximum atomic E-state index is 13.7. The van der Waals surface area contributed by atoms with E-state index in [0.717, 1.165) is 21.0 Å². The molecule has 0 saturated carbocycles. The lowest BCUT2D eigenvalue weighted by atomic mass is 10.1. The minimum atomic E-state index is -4.12. The molecule has 3 aromatic carbocycles. The molecule has 0 saturated heterocycles. The molecule has 0 aliphatic carbocycles. The van der Waals surface area contributed by atoms with E-state index in [9.17, 15) is 18.0 Å². The number of benzene rings is 3. The first-order chi connectivity index (χ1) is 17.0. The van der Waals surface area contributed by atoms with E-state index < -0.39 is 28.5 Å². The summed E-state index contributed by atoms with van der Waals surface area (Å²) in [5.74, 6) is -0.880. The molecule has 0 unspecified atom stereocenters. The van der Waals surface area contributed by atoms with Crippen LogP contribution in [0.25, 0.3) is 0 Å². The summed E-state index contributed by atoms with van der Waals surface area (Å²) < 4.78 is 28.4. The van der Waals surface area contributed by atoms with Crippen molar-refractivity contribution in [1.82, 2.24) is 10.2 Å². The largest absolute Gasteiger partial charge is 0.357 e. The molecule has 0 fully saturated rings. The number of nitrogens with one attached hydrogen (secondary N) is 1. The predicted octanol–water partition coefficient (Wildman–Crippen LogP) is 4.32. The Balaban J connectivity index is 2.04. The molecule has 3 aromatic rings. The zero-order valence-electron chi connectivity index (χ0n) is 20.7. The molecule has 2 amide bonds. The Kier molecular flexibility index (Phi) is 8.76. The summed E-state index contributed by atoms with van der Waals surface area (Å²) in [6.07, 6.45) is 0. The quantitative estimate of drug-likeness (QED) is 0.449. The van der Waals surface area contributed by atoms with Crippen LogP contribution in [0.2, 0.25) is 5.02 Å². The van der Waals surface area contributed by atoms with Gasteiger partial charge in [-0.1, -0.05) is 65.7 Å². The van der Waals surface area contributed by atoms with Crippen molar-refractivity contribution >= 4 is 39.1 Å². The fourth-order valence-electron chi connectivity index (χ4n) is 3.67. The number of halogens is 1. The van der Waals surface area contributed by atoms with Crippen molar-refractivity contribution < 1.29 is 18.0 Å². The van der Waals surface area contributed by atoms with Crippen LogP contribution < -0.4 is 9.62 Å². The topological polar surface area (TPSA) is 86.8 Å². The number of carbonyl (C=O) groups excluding carboxylic acids is 2. The number of nitrogens with zero attached hydrogens (tertiary/aromatic N) is 2. The first-order valence-electron chi connectivity index (χ1n) is 11.4. The molecule has 190 valence electrons. The summed E-state index contributed by atoms with van der Waals surface area (Å²) in [7, 11) is -2.62. The maximum absolute atomic E-state index is 13.7. The Morgan fingerprint density at radius 2 is 1.61 bits per heavy atom. The van der Waals surface area contributed by atoms with Gasteiger partial charge in [-0.15, -0.1) is 0 Å². The smallest absolute Gasteiger partial charge is 0.264 e. The Morgan fingerprint density at radius 1 is 0.972 bits per heavy atom. The highest BCUT2D eigenvalue weighted by Crippen LogP contribution is 2.28. The van der Waals surface area contributed by atoms with Gasteiger partial charge in [-0.2, -0.15) is 0 Å². The average molecular weight is 528 g/mol. The van der Waals surface area contributed by atoms with Crippen molar-refractivity contribution in [3.8, 4) is 0 Å². The van der Waals surface area contributed by atoms with Gasteiger partial charge < -0.3 is 10.2 Å². The minimum Gasteiger partial charge on any atom is -0.357 e. The molecular formula is C27H30ClN3O4S. The molecule has 1 atom stereocenters. The van der Waals surface area contributed by atoms with Gasteiger partial charge in [0.1, 0.15) is 12.6 Å². The summed E-state index contributed by atoms with van der Waals surface area (Å²) in [5.41, 5.74) is 2.91. The number of hydrogen-bond acceptors (Lipinski definition) is 4. The summed E-state index contributed by atoms with van der Waals surface area (Å²) in [5, 5.41) is 2.95. The summed E-state index contributed by atoms with van der Waals surface area (Å²) in [4.78, 5) is 27.6. The van der Waals surface area contributed by atoms with Gasteiger partial charge in [-0.3, -0.25) is 13.9 Å². The third-order valence-corrected chi connectivity index (χ3v) is 8.14. The van der Waals surface area contributed by atoms with Gasteiger partial charge in [0.2, 0.25) is 11.8 Å². The van der Waals surface area contributed by atoms with Crippen LogP contribution in [0.15, 0.2) is 77.7 Å². The molecule has 9 heteroatoms. The van der Waals surface area contributed by atoms with Crippen LogP contribution in [0.3, 0.4) is 0 Å². The maximum Gasteiger partial charge on any atom is 0.264 e. The van der Waals surface area contributed by atoms with Crippen molar-refractivity contribution in [3.05, 3.63) is 94.5 Å². The number of hydrogen-bond donors (Lipinski definition) is 1. The van der Waals surface area contributed by atoms with Crippen LogP contribution >= 0.6 is 11.6 Å². The fourth-order valence-corrected chi connectivity index (χ4v) is 5.27. The second kappa shape index (κ2) is 11.6. The number of aryl methyl sites for hydroxylation is 2. The van der Waals surface area contributed by atoms with E-state index in [1.54, 1.807) is 37.3 Å². The number of rotatable bonds is 9. The fraction of sp³-hybridized carbons (Fsp3) is 0.259. The van der Waals surface area contributed by atoms with Gasteiger partial charge in [0.25, 0.3) is 10.0 Å². The third-order valence-electron chi connectivity index (χ3n) is 5.94. The second-order valence-electron chi connectivity index (χ2n) is 8.56. The van der Waals surface area contributed by atoms with Gasteiger partial charge in [0.05, 0.1) is 10.6 Å². The van der Waals surface area contributed by atoms with Gasteiger partial charge in [-0.05, 0) is 56.2 Å². The van der Waals surface area contributed by atoms with Crippen LogP contribution in [-0.2, 0) is 26.2 Å². The second-order valence-corrected chi connectivity index (χ2v) is 10.8. The van der Waals surface area contributed by atoms with Crippen LogP contribution in [0.4, 0.5) is 5.69 Å². The molecule has 0 aliphatic heterocycles. The Labute approximate surface area is 217 Å². The lowest BCUT2D eigenvalue weighted by Crippen LogP contribution is -2.50. The van der Waals surface area contributed by atoms with E-state index >= 15 is 0 Å². The molecule has 0 aliphatic rings. The monoisotopic (exact) mass is 527 g/mol. The van der Waals surface area contributed by atoms with E-state index in [1.807, 2.05) is 38.1 Å². The zero-order chi connectivity index (χ0) is 26.5. The molecule has 0 spiro atoms. The van der Waals surface area contributed by atoms with Crippen molar-refractivity contribution in [3.63, 3.8) is 0 Å². The van der Waals surface area contributed by atoms with Gasteiger partial charge >= 0.3 is 0 Å². The van der Waals surface area contributed by atoms with Gasteiger partial charge in [0, 0.05) is 18.6 Å². The van der Waals surface area contributed by atoms with E-state index in [2.05, 4.69) is 5.32 Å². The van der Waals surface area contributed by atoms with Crippen LogP contribution in [0.1, 0.15) is 23.6 Å². The number of carbonyl (C=O) groups is 2. The first kappa shape index (κ1) is 27.2. The van der Waals surface area contributed by atoms with Gasteiger partial charge in [0.15, 0.2) is 0 Å². The standard InChI is InChI=1S/C27H30ClN3O4S/c1-19-10-13-22(14-11-19)17-30(21(3)27(33)29-4)26(32)18-31(23-15-12-20(2)25(28)16-23)36(34,35)24-8-6-5-7-9-24/h5-16,21H,17-18H2,1-4H3,(H,29,33)/t21-/m0/s1. The molecule has 7 nitrogen and oxygen atoms in total. The van der Waals surface area contributed by atoms with E-state index in [4.69, 9.17) is 11.6 Å². The summed E-state index contributed by atoms with van der Waals surface area (Å²) >= 11 is 6.31. The molecule has 1 N–H and O–H groups in total. The predicted molar refractivity (Wildman–Crippen MR) is 142 cm³/mol. The van der Waals surface area contributed by atoms with Crippen molar-refractivity contribution in [2.45, 2.75) is 38.3 Å². The molecular weight excluding hydrogens is 498 g/mol. The van der Waals surface area contributed by atoms with E-state index in [1.165, 1.54) is 30.1 Å². The zero-order valence-corrected chi connectivity index (χ0v) is 22.3. The normalized spacial score (nSPS) is 12.0. The summed E-state index contributed by atoms with van der Waals surface area (Å²) in [6, 6.07) is 19.5. The van der Waals surface area contributed by atoms with Crippen molar-refractivity contribution in [2.75, 3.05) is 17.9 Å². The number of anilines is 1. The Hall–Kier alpha value is -3.36. The minimum absolute atomic E-state index is 0.0407. The number of amides is 2. The molecule has 3 rings (SSSR count). The highest BCUT2D eigenvalue weighted by Gasteiger charge is 2.32. The lowest BCUT2D eigenvalue weighted by molar-refractivity contribution is -0.139. The first-order valence-corrected chi connectivity index (χ1v) is 13.3. The molecule has 0 aromatic heterocycles.